The van der Waals surface area contributed by atoms with Crippen molar-refractivity contribution < 1.29 is 9.47 Å². The van der Waals surface area contributed by atoms with Gasteiger partial charge in [0.1, 0.15) is 0 Å². The third-order valence-corrected chi connectivity index (χ3v) is 1.88. The van der Waals surface area contributed by atoms with Gasteiger partial charge in [-0.3, -0.25) is 0 Å². The minimum absolute atomic E-state index is 0.00499. The maximum Gasteiger partial charge on any atom is 0.0598 e. The smallest absolute Gasteiger partial charge is 0.0598 e. The van der Waals surface area contributed by atoms with Gasteiger partial charge in [-0.1, -0.05) is 0 Å². The molecule has 3 heteroatoms. The molecule has 0 atom stereocenters. The first-order valence-corrected chi connectivity index (χ1v) is 5.98. The van der Waals surface area contributed by atoms with Crippen molar-refractivity contribution in [2.24, 2.45) is 0 Å². The molecule has 3 nitrogen and oxygen atoms in total. The van der Waals surface area contributed by atoms with Crippen LogP contribution in [0.1, 0.15) is 40.5 Å². The van der Waals surface area contributed by atoms with Gasteiger partial charge in [-0.15, -0.1) is 0 Å². The molecular formula is C12H27NO2. The summed E-state index contributed by atoms with van der Waals surface area (Å²) in [5, 5.41) is 3.37. The first-order chi connectivity index (χ1) is 7.06. The van der Waals surface area contributed by atoms with E-state index in [1.807, 2.05) is 6.92 Å². The van der Waals surface area contributed by atoms with Gasteiger partial charge in [0.2, 0.25) is 0 Å². The van der Waals surface area contributed by atoms with E-state index in [0.29, 0.717) is 0 Å². The van der Waals surface area contributed by atoms with Crippen LogP contribution in [0.5, 0.6) is 0 Å². The van der Waals surface area contributed by atoms with Crippen LogP contribution in [0.15, 0.2) is 0 Å². The fraction of sp³-hybridized carbons (Fsp3) is 1.00. The van der Waals surface area contributed by atoms with Crippen molar-refractivity contribution in [3.63, 3.8) is 0 Å². The van der Waals surface area contributed by atoms with Crippen LogP contribution < -0.4 is 5.32 Å². The number of rotatable bonds is 9. The van der Waals surface area contributed by atoms with E-state index in [-0.39, 0.29) is 5.60 Å². The topological polar surface area (TPSA) is 30.5 Å². The van der Waals surface area contributed by atoms with E-state index in [4.69, 9.17) is 9.47 Å². The van der Waals surface area contributed by atoms with E-state index in [1.54, 1.807) is 0 Å². The van der Waals surface area contributed by atoms with E-state index in [2.05, 4.69) is 26.1 Å². The van der Waals surface area contributed by atoms with Crippen molar-refractivity contribution >= 4 is 0 Å². The minimum Gasteiger partial charge on any atom is -0.382 e. The van der Waals surface area contributed by atoms with Crippen LogP contribution in [0.2, 0.25) is 0 Å². The molecule has 0 bridgehead atoms. The molecule has 0 aliphatic heterocycles. The summed E-state index contributed by atoms with van der Waals surface area (Å²) < 4.78 is 10.9. The van der Waals surface area contributed by atoms with Gasteiger partial charge in [0.05, 0.1) is 5.60 Å². The van der Waals surface area contributed by atoms with Gasteiger partial charge in [0.25, 0.3) is 0 Å². The Morgan fingerprint density at radius 3 is 2.13 bits per heavy atom. The Kier molecular flexibility index (Phi) is 9.06. The molecule has 0 rings (SSSR count). The van der Waals surface area contributed by atoms with Gasteiger partial charge < -0.3 is 14.8 Å². The summed E-state index contributed by atoms with van der Waals surface area (Å²) >= 11 is 0. The SMILES string of the molecule is CCOCCCNCCCOC(C)(C)C. The third-order valence-electron chi connectivity index (χ3n) is 1.88. The highest BCUT2D eigenvalue weighted by Crippen LogP contribution is 2.06. The quantitative estimate of drug-likeness (QED) is 0.601. The maximum absolute atomic E-state index is 5.61. The van der Waals surface area contributed by atoms with Crippen LogP contribution in [-0.4, -0.2) is 38.5 Å². The third kappa shape index (κ3) is 13.9. The van der Waals surface area contributed by atoms with Crippen LogP contribution in [0, 0.1) is 0 Å². The molecule has 0 spiro atoms. The second-order valence-electron chi connectivity index (χ2n) is 4.61. The zero-order valence-corrected chi connectivity index (χ0v) is 10.8. The average Bonchev–Trinajstić information content (AvgIpc) is 2.14. The number of nitrogens with one attached hydrogen (secondary N) is 1. The molecule has 0 unspecified atom stereocenters. The lowest BCUT2D eigenvalue weighted by Crippen LogP contribution is -2.23. The lowest BCUT2D eigenvalue weighted by atomic mass is 10.2. The first kappa shape index (κ1) is 14.9. The normalized spacial score (nSPS) is 12.0. The Balaban J connectivity index is 2.99. The highest BCUT2D eigenvalue weighted by Gasteiger charge is 2.08. The zero-order chi connectivity index (χ0) is 11.6. The predicted molar refractivity (Wildman–Crippen MR) is 64.3 cm³/mol. The Bertz CT molecular complexity index is 132. The molecule has 0 aromatic carbocycles. The van der Waals surface area contributed by atoms with Crippen molar-refractivity contribution in [3.05, 3.63) is 0 Å². The fourth-order valence-corrected chi connectivity index (χ4v) is 1.14. The Labute approximate surface area is 94.5 Å². The number of ether oxygens (including phenoxy) is 2. The molecule has 1 N–H and O–H groups in total. The van der Waals surface area contributed by atoms with Gasteiger partial charge in [0.15, 0.2) is 0 Å². The summed E-state index contributed by atoms with van der Waals surface area (Å²) in [5.74, 6) is 0. The Morgan fingerprint density at radius 2 is 1.60 bits per heavy atom. The van der Waals surface area contributed by atoms with E-state index < -0.39 is 0 Å². The second kappa shape index (κ2) is 9.13. The maximum atomic E-state index is 5.61. The summed E-state index contributed by atoms with van der Waals surface area (Å²) in [5.41, 5.74) is -0.00499. The van der Waals surface area contributed by atoms with Gasteiger partial charge >= 0.3 is 0 Å². The summed E-state index contributed by atoms with van der Waals surface area (Å²) in [6.07, 6.45) is 2.17. The lowest BCUT2D eigenvalue weighted by molar-refractivity contribution is -0.00378. The summed E-state index contributed by atoms with van der Waals surface area (Å²) in [6, 6.07) is 0. The number of hydrogen-bond acceptors (Lipinski definition) is 3. The van der Waals surface area contributed by atoms with Crippen molar-refractivity contribution in [2.75, 3.05) is 32.9 Å². The van der Waals surface area contributed by atoms with Crippen LogP contribution in [0.4, 0.5) is 0 Å². The largest absolute Gasteiger partial charge is 0.382 e. The number of hydrogen-bond donors (Lipinski definition) is 1. The van der Waals surface area contributed by atoms with E-state index in [1.165, 1.54) is 0 Å². The first-order valence-electron chi connectivity index (χ1n) is 5.98. The molecule has 0 heterocycles. The predicted octanol–water partition coefficient (Wildman–Crippen LogP) is 2.21. The molecule has 0 aromatic rings. The average molecular weight is 217 g/mol. The molecule has 0 radical (unpaired) electrons. The monoisotopic (exact) mass is 217 g/mol. The molecule has 92 valence electrons. The molecule has 0 saturated heterocycles. The van der Waals surface area contributed by atoms with Gasteiger partial charge in [0, 0.05) is 19.8 Å². The van der Waals surface area contributed by atoms with Crippen LogP contribution >= 0.6 is 0 Å². The van der Waals surface area contributed by atoms with Crippen molar-refractivity contribution in [1.82, 2.24) is 5.32 Å². The van der Waals surface area contributed by atoms with Gasteiger partial charge in [-0.25, -0.2) is 0 Å². The highest BCUT2D eigenvalue weighted by atomic mass is 16.5. The minimum atomic E-state index is -0.00499. The molecular weight excluding hydrogens is 190 g/mol. The van der Waals surface area contributed by atoms with Gasteiger partial charge in [-0.2, -0.15) is 0 Å². The van der Waals surface area contributed by atoms with Crippen LogP contribution in [-0.2, 0) is 9.47 Å². The highest BCUT2D eigenvalue weighted by molar-refractivity contribution is 4.58. The standard InChI is InChI=1S/C12H27NO2/c1-5-14-10-6-8-13-9-7-11-15-12(2,3)4/h13H,5-11H2,1-4H3. The fourth-order valence-electron chi connectivity index (χ4n) is 1.14. The van der Waals surface area contributed by atoms with E-state index in [0.717, 1.165) is 45.8 Å². The molecule has 0 aliphatic carbocycles. The van der Waals surface area contributed by atoms with Crippen LogP contribution in [0.25, 0.3) is 0 Å². The Hall–Kier alpha value is -0.120. The molecule has 0 fully saturated rings. The van der Waals surface area contributed by atoms with Gasteiger partial charge in [-0.05, 0) is 53.6 Å². The summed E-state index contributed by atoms with van der Waals surface area (Å²) in [7, 11) is 0. The summed E-state index contributed by atoms with van der Waals surface area (Å²) in [4.78, 5) is 0. The summed E-state index contributed by atoms with van der Waals surface area (Å²) in [6.45, 7) is 12.9. The van der Waals surface area contributed by atoms with Crippen LogP contribution in [0.3, 0.4) is 0 Å². The molecule has 15 heavy (non-hydrogen) atoms. The molecule has 0 aromatic heterocycles. The van der Waals surface area contributed by atoms with Crippen molar-refractivity contribution in [2.45, 2.75) is 46.1 Å². The molecule has 0 saturated carbocycles. The molecule has 0 amide bonds. The Morgan fingerprint density at radius 1 is 1.00 bits per heavy atom. The second-order valence-corrected chi connectivity index (χ2v) is 4.61. The van der Waals surface area contributed by atoms with Crippen molar-refractivity contribution in [1.29, 1.82) is 0 Å². The zero-order valence-electron chi connectivity index (χ0n) is 10.8. The lowest BCUT2D eigenvalue weighted by Gasteiger charge is -2.19. The van der Waals surface area contributed by atoms with E-state index in [9.17, 15) is 0 Å². The molecule has 0 aliphatic rings. The van der Waals surface area contributed by atoms with E-state index >= 15 is 0 Å². The van der Waals surface area contributed by atoms with Crippen molar-refractivity contribution in [3.8, 4) is 0 Å².